The van der Waals surface area contributed by atoms with Crippen molar-refractivity contribution in [1.29, 1.82) is 0 Å². The molecule has 3 N–H and O–H groups in total. The van der Waals surface area contributed by atoms with Crippen LogP contribution in [0, 0.1) is 0 Å². The quantitative estimate of drug-likeness (QED) is 0.825. The number of rotatable bonds is 3. The third kappa shape index (κ3) is 2.67. The van der Waals surface area contributed by atoms with Crippen LogP contribution in [0.1, 0.15) is 32.1 Å². The Morgan fingerprint density at radius 1 is 1.26 bits per heavy atom. The van der Waals surface area contributed by atoms with Crippen molar-refractivity contribution in [3.63, 3.8) is 0 Å². The lowest BCUT2D eigenvalue weighted by Crippen LogP contribution is -2.03. The minimum absolute atomic E-state index is 0.180. The predicted octanol–water partition coefficient (Wildman–Crippen LogP) is 2.20. The van der Waals surface area contributed by atoms with Crippen LogP contribution in [-0.2, 0) is 0 Å². The van der Waals surface area contributed by atoms with E-state index in [1.807, 2.05) is 0 Å². The molecule has 0 spiro atoms. The van der Waals surface area contributed by atoms with Crippen LogP contribution >= 0.6 is 0 Å². The van der Waals surface area contributed by atoms with Gasteiger partial charge in [-0.1, -0.05) is 12.0 Å². The van der Waals surface area contributed by atoms with Crippen molar-refractivity contribution in [2.75, 3.05) is 12.3 Å². The van der Waals surface area contributed by atoms with Crippen LogP contribution in [-0.4, -0.2) is 26.5 Å². The van der Waals surface area contributed by atoms with Crippen LogP contribution in [0.5, 0.6) is 5.88 Å². The summed E-state index contributed by atoms with van der Waals surface area (Å²) < 4.78 is 5.68. The number of imidazole rings is 1. The van der Waals surface area contributed by atoms with E-state index in [1.165, 1.54) is 37.7 Å². The van der Waals surface area contributed by atoms with Gasteiger partial charge < -0.3 is 15.5 Å². The second-order valence-corrected chi connectivity index (χ2v) is 4.72. The fraction of sp³-hybridized carbons (Fsp3) is 0.462. The second kappa shape index (κ2) is 5.26. The molecule has 0 saturated heterocycles. The summed E-state index contributed by atoms with van der Waals surface area (Å²) in [6.07, 6.45) is 10.0. The molecular weight excluding hydrogens is 242 g/mol. The lowest BCUT2D eigenvalue weighted by molar-refractivity contribution is 0.350. The molecule has 1 aliphatic carbocycles. The number of anilines is 1. The van der Waals surface area contributed by atoms with Gasteiger partial charge in [0, 0.05) is 0 Å². The smallest absolute Gasteiger partial charge is 0.245 e. The van der Waals surface area contributed by atoms with Crippen molar-refractivity contribution >= 4 is 17.1 Å². The molecule has 6 heteroatoms. The number of nitrogen functional groups attached to an aromatic ring is 1. The summed E-state index contributed by atoms with van der Waals surface area (Å²) in [5, 5.41) is 0. The molecular formula is C13H17N5O. The number of hydrogen-bond donors (Lipinski definition) is 2. The molecule has 0 bridgehead atoms. The molecule has 2 heterocycles. The van der Waals surface area contributed by atoms with Crippen LogP contribution in [0.15, 0.2) is 18.0 Å². The maximum absolute atomic E-state index is 5.68. The molecule has 1 fully saturated rings. The van der Waals surface area contributed by atoms with Crippen LogP contribution in [0.2, 0.25) is 0 Å². The fourth-order valence-corrected chi connectivity index (χ4v) is 2.38. The zero-order valence-electron chi connectivity index (χ0n) is 10.7. The van der Waals surface area contributed by atoms with Gasteiger partial charge in [0.15, 0.2) is 5.65 Å². The molecule has 2 aromatic heterocycles. The third-order valence-electron chi connectivity index (χ3n) is 3.36. The molecule has 0 amide bonds. The number of nitrogens with two attached hydrogens (primary N) is 1. The molecule has 3 rings (SSSR count). The lowest BCUT2D eigenvalue weighted by Gasteiger charge is -2.13. The highest BCUT2D eigenvalue weighted by atomic mass is 16.5. The summed E-state index contributed by atoms with van der Waals surface area (Å²) in [5.41, 5.74) is 8.33. The standard InChI is InChI=1S/C13H17N5O/c14-13-17-11-10(15-8-16-11)12(18-13)19-7-6-9-4-2-1-3-5-9/h6,8H,1-5,7H2,(H3,14,15,16,17,18). The Hall–Kier alpha value is -2.11. The van der Waals surface area contributed by atoms with Gasteiger partial charge in [-0.15, -0.1) is 0 Å². The first-order valence-electron chi connectivity index (χ1n) is 6.60. The summed E-state index contributed by atoms with van der Waals surface area (Å²) >= 11 is 0. The average molecular weight is 259 g/mol. The number of fused-ring (bicyclic) bond motifs is 1. The number of allylic oxidation sites excluding steroid dienone is 1. The number of H-pyrrole nitrogens is 1. The van der Waals surface area contributed by atoms with E-state index < -0.39 is 0 Å². The van der Waals surface area contributed by atoms with Gasteiger partial charge in [0.2, 0.25) is 11.8 Å². The molecule has 100 valence electrons. The Morgan fingerprint density at radius 2 is 2.11 bits per heavy atom. The van der Waals surface area contributed by atoms with E-state index in [0.717, 1.165) is 0 Å². The molecule has 0 aliphatic heterocycles. The predicted molar refractivity (Wildman–Crippen MR) is 72.8 cm³/mol. The maximum atomic E-state index is 5.68. The molecule has 1 aliphatic rings. The van der Waals surface area contributed by atoms with Crippen molar-refractivity contribution < 1.29 is 4.74 Å². The van der Waals surface area contributed by atoms with E-state index in [2.05, 4.69) is 26.0 Å². The molecule has 0 unspecified atom stereocenters. The Labute approximate surface area is 111 Å². The molecule has 1 saturated carbocycles. The Morgan fingerprint density at radius 3 is 2.95 bits per heavy atom. The van der Waals surface area contributed by atoms with E-state index in [-0.39, 0.29) is 5.95 Å². The van der Waals surface area contributed by atoms with Crippen molar-refractivity contribution in [3.05, 3.63) is 18.0 Å². The monoisotopic (exact) mass is 259 g/mol. The number of aromatic nitrogens is 4. The summed E-state index contributed by atoms with van der Waals surface area (Å²) in [7, 11) is 0. The van der Waals surface area contributed by atoms with E-state index in [4.69, 9.17) is 10.5 Å². The second-order valence-electron chi connectivity index (χ2n) is 4.72. The first-order chi connectivity index (χ1) is 9.33. The third-order valence-corrected chi connectivity index (χ3v) is 3.36. The maximum Gasteiger partial charge on any atom is 0.245 e. The van der Waals surface area contributed by atoms with Gasteiger partial charge >= 0.3 is 0 Å². The van der Waals surface area contributed by atoms with E-state index in [1.54, 1.807) is 6.33 Å². The van der Waals surface area contributed by atoms with Gasteiger partial charge in [0.25, 0.3) is 0 Å². The van der Waals surface area contributed by atoms with Crippen molar-refractivity contribution in [3.8, 4) is 5.88 Å². The Balaban J connectivity index is 1.72. The van der Waals surface area contributed by atoms with Crippen LogP contribution in [0.3, 0.4) is 0 Å². The summed E-state index contributed by atoms with van der Waals surface area (Å²) in [6, 6.07) is 0. The van der Waals surface area contributed by atoms with E-state index in [0.29, 0.717) is 23.7 Å². The number of ether oxygens (including phenoxy) is 1. The molecule has 6 nitrogen and oxygen atoms in total. The topological polar surface area (TPSA) is 89.7 Å². The van der Waals surface area contributed by atoms with Crippen LogP contribution in [0.4, 0.5) is 5.95 Å². The minimum atomic E-state index is 0.180. The van der Waals surface area contributed by atoms with Crippen molar-refractivity contribution in [2.45, 2.75) is 32.1 Å². The van der Waals surface area contributed by atoms with Gasteiger partial charge in [-0.2, -0.15) is 9.97 Å². The molecule has 19 heavy (non-hydrogen) atoms. The first-order valence-corrected chi connectivity index (χ1v) is 6.60. The number of hydrogen-bond acceptors (Lipinski definition) is 5. The normalized spacial score (nSPS) is 15.7. The highest BCUT2D eigenvalue weighted by Crippen LogP contribution is 2.23. The number of nitrogens with one attached hydrogen (secondary N) is 1. The van der Waals surface area contributed by atoms with E-state index >= 15 is 0 Å². The zero-order chi connectivity index (χ0) is 13.1. The SMILES string of the molecule is Nc1nc(OCC=C2CCCCC2)c2[nH]cnc2n1. The summed E-state index contributed by atoms with van der Waals surface area (Å²) in [6.45, 7) is 0.514. The highest BCUT2D eigenvalue weighted by molar-refractivity contribution is 5.76. The molecule has 0 radical (unpaired) electrons. The van der Waals surface area contributed by atoms with Gasteiger partial charge in [-0.25, -0.2) is 4.98 Å². The molecule has 0 atom stereocenters. The minimum Gasteiger partial charge on any atom is -0.472 e. The highest BCUT2D eigenvalue weighted by Gasteiger charge is 2.09. The van der Waals surface area contributed by atoms with Gasteiger partial charge in [0.05, 0.1) is 6.33 Å². The van der Waals surface area contributed by atoms with Gasteiger partial charge in [0.1, 0.15) is 12.1 Å². The molecule has 2 aromatic rings. The largest absolute Gasteiger partial charge is 0.472 e. The van der Waals surface area contributed by atoms with Gasteiger partial charge in [-0.05, 0) is 31.8 Å². The van der Waals surface area contributed by atoms with E-state index in [9.17, 15) is 0 Å². The lowest BCUT2D eigenvalue weighted by atomic mass is 9.95. The fourth-order valence-electron chi connectivity index (χ4n) is 2.38. The van der Waals surface area contributed by atoms with Crippen molar-refractivity contribution in [1.82, 2.24) is 19.9 Å². The van der Waals surface area contributed by atoms with Crippen molar-refractivity contribution in [2.24, 2.45) is 0 Å². The number of aromatic amines is 1. The molecule has 0 aromatic carbocycles. The first kappa shape index (κ1) is 12.0. The Kier molecular flexibility index (Phi) is 3.31. The van der Waals surface area contributed by atoms with Crippen LogP contribution in [0.25, 0.3) is 11.2 Å². The van der Waals surface area contributed by atoms with Crippen LogP contribution < -0.4 is 10.5 Å². The number of nitrogens with zero attached hydrogens (tertiary/aromatic N) is 3. The zero-order valence-corrected chi connectivity index (χ0v) is 10.7. The average Bonchev–Trinajstić information content (AvgIpc) is 2.88. The summed E-state index contributed by atoms with van der Waals surface area (Å²) in [5.74, 6) is 0.646. The Bertz CT molecular complexity index is 596. The van der Waals surface area contributed by atoms with Gasteiger partial charge in [-0.3, -0.25) is 0 Å². The summed E-state index contributed by atoms with van der Waals surface area (Å²) in [4.78, 5) is 15.1.